The van der Waals surface area contributed by atoms with Crippen molar-refractivity contribution < 1.29 is 33.0 Å². The number of alkyl carbamates (subject to hydrolysis) is 1. The van der Waals surface area contributed by atoms with Gasteiger partial charge in [0.25, 0.3) is 0 Å². The van der Waals surface area contributed by atoms with Crippen LogP contribution in [0.2, 0.25) is 0 Å². The highest BCUT2D eigenvalue weighted by Gasteiger charge is 2.28. The Morgan fingerprint density at radius 3 is 2.33 bits per heavy atom. The Bertz CT molecular complexity index is 1490. The first kappa shape index (κ1) is 26.6. The summed E-state index contributed by atoms with van der Waals surface area (Å²) in [5, 5.41) is 2.77. The molecule has 1 aromatic heterocycles. The maximum atomic E-state index is 12.4. The lowest BCUT2D eigenvalue weighted by molar-refractivity contribution is 0.0560. The zero-order chi connectivity index (χ0) is 27.9. The standard InChI is InChI=1S/C32H29NO7/c1-36-30-18-21(13-15-28(30)38-19-22-14-16-29(40-22)31(34)37-2)8-7-17-33-32(35)39-20-27-25-11-5-3-9-23(25)24-10-4-6-12-26(24)27/h3-16,18,27H,17,19-20H2,1-2H3,(H,33,35). The van der Waals surface area contributed by atoms with Crippen molar-refractivity contribution in [2.75, 3.05) is 27.4 Å². The molecule has 0 aliphatic heterocycles. The first-order chi connectivity index (χ1) is 19.6. The molecule has 0 unspecified atom stereocenters. The number of furan rings is 1. The van der Waals surface area contributed by atoms with Gasteiger partial charge in [-0.15, -0.1) is 0 Å². The Kier molecular flexibility index (Phi) is 8.15. The highest BCUT2D eigenvalue weighted by atomic mass is 16.6. The number of methoxy groups -OCH3 is 2. The number of amides is 1. The maximum absolute atomic E-state index is 12.4. The van der Waals surface area contributed by atoms with Gasteiger partial charge in [0.1, 0.15) is 19.0 Å². The van der Waals surface area contributed by atoms with E-state index in [1.54, 1.807) is 19.2 Å². The minimum Gasteiger partial charge on any atom is -0.493 e. The van der Waals surface area contributed by atoms with E-state index in [-0.39, 0.29) is 24.9 Å². The molecule has 0 saturated carbocycles. The summed E-state index contributed by atoms with van der Waals surface area (Å²) in [5.41, 5.74) is 5.59. The second kappa shape index (κ2) is 12.3. The average Bonchev–Trinajstić information content (AvgIpc) is 3.60. The molecule has 0 bridgehead atoms. The second-order valence-electron chi connectivity index (χ2n) is 9.07. The number of carbonyl (C=O) groups is 2. The highest BCUT2D eigenvalue weighted by Crippen LogP contribution is 2.44. The molecule has 8 heteroatoms. The molecule has 0 spiro atoms. The Morgan fingerprint density at radius 2 is 1.62 bits per heavy atom. The van der Waals surface area contributed by atoms with Crippen molar-refractivity contribution in [1.29, 1.82) is 0 Å². The summed E-state index contributed by atoms with van der Waals surface area (Å²) >= 11 is 0. The molecule has 40 heavy (non-hydrogen) atoms. The van der Waals surface area contributed by atoms with Crippen LogP contribution >= 0.6 is 0 Å². The third-order valence-corrected chi connectivity index (χ3v) is 6.62. The van der Waals surface area contributed by atoms with E-state index in [9.17, 15) is 9.59 Å². The number of ether oxygens (including phenoxy) is 4. The fourth-order valence-corrected chi connectivity index (χ4v) is 4.71. The van der Waals surface area contributed by atoms with Crippen LogP contribution in [-0.4, -0.2) is 39.4 Å². The van der Waals surface area contributed by atoms with Crippen LogP contribution in [0.1, 0.15) is 38.9 Å². The molecule has 1 heterocycles. The first-order valence-corrected chi connectivity index (χ1v) is 12.8. The van der Waals surface area contributed by atoms with E-state index in [4.69, 9.17) is 18.6 Å². The average molecular weight is 540 g/mol. The van der Waals surface area contributed by atoms with E-state index in [2.05, 4.69) is 34.3 Å². The smallest absolute Gasteiger partial charge is 0.407 e. The van der Waals surface area contributed by atoms with E-state index in [1.165, 1.54) is 35.4 Å². The number of fused-ring (bicyclic) bond motifs is 3. The van der Waals surface area contributed by atoms with E-state index in [0.29, 0.717) is 23.8 Å². The lowest BCUT2D eigenvalue weighted by Crippen LogP contribution is -2.26. The molecular formula is C32H29NO7. The molecule has 0 atom stereocenters. The van der Waals surface area contributed by atoms with Gasteiger partial charge < -0.3 is 28.7 Å². The van der Waals surface area contributed by atoms with Crippen LogP contribution in [0.15, 0.2) is 89.4 Å². The number of benzene rings is 3. The molecule has 0 radical (unpaired) electrons. The van der Waals surface area contributed by atoms with E-state index >= 15 is 0 Å². The number of hydrogen-bond donors (Lipinski definition) is 1. The normalized spacial score (nSPS) is 12.1. The summed E-state index contributed by atoms with van der Waals surface area (Å²) in [6, 6.07) is 25.1. The summed E-state index contributed by atoms with van der Waals surface area (Å²) in [4.78, 5) is 23.9. The van der Waals surface area contributed by atoms with Gasteiger partial charge in [0.15, 0.2) is 11.5 Å². The number of rotatable bonds is 10. The highest BCUT2D eigenvalue weighted by molar-refractivity contribution is 5.86. The molecule has 1 N–H and O–H groups in total. The van der Waals surface area contributed by atoms with Gasteiger partial charge in [0, 0.05) is 12.5 Å². The van der Waals surface area contributed by atoms with Crippen molar-refractivity contribution in [3.8, 4) is 22.6 Å². The van der Waals surface area contributed by atoms with Gasteiger partial charge in [-0.05, 0) is 52.1 Å². The van der Waals surface area contributed by atoms with Crippen molar-refractivity contribution in [2.45, 2.75) is 12.5 Å². The van der Waals surface area contributed by atoms with Crippen LogP contribution in [0, 0.1) is 0 Å². The van der Waals surface area contributed by atoms with Crippen LogP contribution in [0.25, 0.3) is 17.2 Å². The molecular weight excluding hydrogens is 510 g/mol. The minimum absolute atomic E-state index is 0.0181. The Hall–Kier alpha value is -4.98. The van der Waals surface area contributed by atoms with Gasteiger partial charge in [-0.2, -0.15) is 0 Å². The number of hydrogen-bond acceptors (Lipinski definition) is 7. The van der Waals surface area contributed by atoms with E-state index in [0.717, 1.165) is 5.56 Å². The first-order valence-electron chi connectivity index (χ1n) is 12.8. The molecule has 5 rings (SSSR count). The number of esters is 1. The van der Waals surface area contributed by atoms with Crippen molar-refractivity contribution in [1.82, 2.24) is 5.32 Å². The topological polar surface area (TPSA) is 96.2 Å². The lowest BCUT2D eigenvalue weighted by atomic mass is 9.98. The van der Waals surface area contributed by atoms with Gasteiger partial charge in [-0.1, -0.05) is 66.7 Å². The fraction of sp³-hybridized carbons (Fsp3) is 0.188. The van der Waals surface area contributed by atoms with Crippen molar-refractivity contribution >= 4 is 18.1 Å². The molecule has 0 fully saturated rings. The Morgan fingerprint density at radius 1 is 0.900 bits per heavy atom. The quantitative estimate of drug-likeness (QED) is 0.240. The SMILES string of the molecule is COC(=O)c1ccc(COc2ccc(C=CCNC(=O)OCC3c4ccccc4-c4ccccc43)cc2OC)o1. The lowest BCUT2D eigenvalue weighted by Gasteiger charge is -2.14. The van der Waals surface area contributed by atoms with Crippen LogP contribution in [0.4, 0.5) is 4.79 Å². The zero-order valence-electron chi connectivity index (χ0n) is 22.2. The summed E-state index contributed by atoms with van der Waals surface area (Å²) in [5.74, 6) is 1.11. The monoisotopic (exact) mass is 539 g/mol. The predicted molar refractivity (Wildman–Crippen MR) is 149 cm³/mol. The van der Waals surface area contributed by atoms with Crippen molar-refractivity contribution in [3.05, 3.63) is 113 Å². The number of nitrogens with one attached hydrogen (secondary N) is 1. The number of carbonyl (C=O) groups excluding carboxylic acids is 2. The second-order valence-corrected chi connectivity index (χ2v) is 9.07. The summed E-state index contributed by atoms with van der Waals surface area (Å²) in [6.45, 7) is 0.690. The Balaban J connectivity index is 1.11. The predicted octanol–water partition coefficient (Wildman–Crippen LogP) is 6.21. The largest absolute Gasteiger partial charge is 0.493 e. The maximum Gasteiger partial charge on any atom is 0.407 e. The van der Waals surface area contributed by atoms with Gasteiger partial charge in [-0.3, -0.25) is 0 Å². The molecule has 4 aromatic rings. The molecule has 204 valence electrons. The van der Waals surface area contributed by atoms with E-state index < -0.39 is 12.1 Å². The summed E-state index contributed by atoms with van der Waals surface area (Å²) < 4.78 is 26.9. The molecule has 1 amide bonds. The molecule has 1 aliphatic rings. The van der Waals surface area contributed by atoms with Gasteiger partial charge in [0.2, 0.25) is 5.76 Å². The zero-order valence-corrected chi connectivity index (χ0v) is 22.2. The van der Waals surface area contributed by atoms with Gasteiger partial charge in [-0.25, -0.2) is 9.59 Å². The van der Waals surface area contributed by atoms with Crippen molar-refractivity contribution in [3.63, 3.8) is 0 Å². The summed E-state index contributed by atoms with van der Waals surface area (Å²) in [7, 11) is 2.84. The minimum atomic E-state index is -0.548. The molecule has 0 saturated heterocycles. The van der Waals surface area contributed by atoms with E-state index in [1.807, 2.05) is 48.6 Å². The summed E-state index contributed by atoms with van der Waals surface area (Å²) in [6.07, 6.45) is 3.22. The molecule has 1 aliphatic carbocycles. The van der Waals surface area contributed by atoms with Crippen LogP contribution < -0.4 is 14.8 Å². The van der Waals surface area contributed by atoms with Crippen LogP contribution in [0.5, 0.6) is 11.5 Å². The van der Waals surface area contributed by atoms with Gasteiger partial charge in [0.05, 0.1) is 14.2 Å². The van der Waals surface area contributed by atoms with Crippen LogP contribution in [-0.2, 0) is 16.1 Å². The third kappa shape index (κ3) is 5.86. The molecule has 8 nitrogen and oxygen atoms in total. The third-order valence-electron chi connectivity index (χ3n) is 6.62. The molecule has 3 aromatic carbocycles. The van der Waals surface area contributed by atoms with Crippen LogP contribution in [0.3, 0.4) is 0 Å². The van der Waals surface area contributed by atoms with Gasteiger partial charge >= 0.3 is 12.1 Å². The van der Waals surface area contributed by atoms with Crippen molar-refractivity contribution in [2.24, 2.45) is 0 Å². The Labute approximate surface area is 232 Å². The fourth-order valence-electron chi connectivity index (χ4n) is 4.71.